The first-order chi connectivity index (χ1) is 2.77. The van der Waals surface area contributed by atoms with E-state index in [1.807, 2.05) is 0 Å². The number of carbonyl (C=O) groups excluding carboxylic acids is 1. The van der Waals surface area contributed by atoms with E-state index in [9.17, 15) is 9.36 Å². The van der Waals surface area contributed by atoms with E-state index in [2.05, 4.69) is 10.3 Å². The molecule has 0 fully saturated rings. The van der Waals surface area contributed by atoms with Crippen molar-refractivity contribution in [2.45, 2.75) is 0 Å². The topological polar surface area (TPSA) is 71.0 Å². The number of carbonyl (C=O) groups is 1. The smallest absolute Gasteiger partial charge is 0.325 e. The second kappa shape index (κ2) is 2.75. The molecule has 0 spiro atoms. The highest BCUT2D eigenvalue weighted by atomic mass is 31.1. The monoisotopic (exact) mass is 108 g/mol. The van der Waals surface area contributed by atoms with E-state index < -0.39 is 14.8 Å². The molecule has 34 valence electrons. The standard InChI is InChI=1S/CH2NO3P/c2-1(3)5-6-4/h(H2,2,3)/p+1. The van der Waals surface area contributed by atoms with Crippen LogP contribution >= 0.6 is 8.69 Å². The Bertz CT molecular complexity index is 71.2. The molecule has 0 aromatic rings. The van der Waals surface area contributed by atoms with Gasteiger partial charge in [0.05, 0.1) is 0 Å². The summed E-state index contributed by atoms with van der Waals surface area (Å²) in [4.78, 5) is 9.50. The van der Waals surface area contributed by atoms with Crippen molar-refractivity contribution in [2.75, 3.05) is 0 Å². The van der Waals surface area contributed by atoms with Gasteiger partial charge in [-0.15, -0.1) is 0 Å². The number of quaternary nitrogens is 1. The summed E-state index contributed by atoms with van der Waals surface area (Å²) in [7, 11) is -0.638. The summed E-state index contributed by atoms with van der Waals surface area (Å²) in [5.74, 6) is 0. The normalized spacial score (nSPS) is 8.17. The molecule has 0 bridgehead atoms. The van der Waals surface area contributed by atoms with Crippen LogP contribution in [0.4, 0.5) is 4.79 Å². The van der Waals surface area contributed by atoms with Crippen LogP contribution in [0.3, 0.4) is 0 Å². The fourth-order valence-corrected chi connectivity index (χ4v) is 0.125. The highest BCUT2D eigenvalue weighted by Crippen LogP contribution is 1.88. The van der Waals surface area contributed by atoms with Crippen molar-refractivity contribution in [3.8, 4) is 0 Å². The van der Waals surface area contributed by atoms with Crippen molar-refractivity contribution in [3.05, 3.63) is 0 Å². The Morgan fingerprint density at radius 1 is 1.83 bits per heavy atom. The van der Waals surface area contributed by atoms with E-state index in [4.69, 9.17) is 0 Å². The zero-order valence-electron chi connectivity index (χ0n) is 2.88. The minimum Gasteiger partial charge on any atom is -0.325 e. The van der Waals surface area contributed by atoms with Gasteiger partial charge < -0.3 is 4.52 Å². The largest absolute Gasteiger partial charge is 0.521 e. The van der Waals surface area contributed by atoms with Crippen LogP contribution in [0.15, 0.2) is 0 Å². The SMILES string of the molecule is [NH3+]C(=O)OP=O. The lowest BCUT2D eigenvalue weighted by Gasteiger charge is -1.71. The lowest BCUT2D eigenvalue weighted by molar-refractivity contribution is -0.270. The molecule has 5 heteroatoms. The molecule has 0 aromatic heterocycles. The number of amides is 1. The van der Waals surface area contributed by atoms with Gasteiger partial charge in [0.25, 0.3) is 0 Å². The zero-order valence-corrected chi connectivity index (χ0v) is 3.77. The van der Waals surface area contributed by atoms with Gasteiger partial charge in [0.2, 0.25) is 0 Å². The van der Waals surface area contributed by atoms with Crippen LogP contribution in [0, 0.1) is 0 Å². The van der Waals surface area contributed by atoms with Gasteiger partial charge in [-0.1, -0.05) is 0 Å². The van der Waals surface area contributed by atoms with Crippen molar-refractivity contribution in [1.29, 1.82) is 0 Å². The summed E-state index contributed by atoms with van der Waals surface area (Å²) in [5.41, 5.74) is 2.76. The molecular formula is CH3NO3P+. The van der Waals surface area contributed by atoms with Crippen LogP contribution < -0.4 is 5.73 Å². The van der Waals surface area contributed by atoms with E-state index in [1.54, 1.807) is 0 Å². The Morgan fingerprint density at radius 2 is 2.33 bits per heavy atom. The van der Waals surface area contributed by atoms with Gasteiger partial charge in [-0.05, 0) is 0 Å². The minimum absolute atomic E-state index is 0.638. The Balaban J connectivity index is 3.05. The average molecular weight is 108 g/mol. The molecule has 1 amide bonds. The Kier molecular flexibility index (Phi) is 2.54. The summed E-state index contributed by atoms with van der Waals surface area (Å²) in [6, 6.07) is 0. The molecule has 0 saturated carbocycles. The molecule has 3 N–H and O–H groups in total. The van der Waals surface area contributed by atoms with E-state index in [-0.39, 0.29) is 0 Å². The molecule has 0 heterocycles. The maximum absolute atomic E-state index is 9.50. The van der Waals surface area contributed by atoms with Gasteiger partial charge in [0, 0.05) is 0 Å². The summed E-state index contributed by atoms with van der Waals surface area (Å²) in [6.07, 6.45) is -0.785. The first kappa shape index (κ1) is 5.53. The maximum atomic E-state index is 9.50. The number of rotatable bonds is 1. The first-order valence-electron chi connectivity index (χ1n) is 1.13. The van der Waals surface area contributed by atoms with Gasteiger partial charge in [-0.3, -0.25) is 5.73 Å². The van der Waals surface area contributed by atoms with E-state index >= 15 is 0 Å². The Hall–Kier alpha value is -0.470. The quantitative estimate of drug-likeness (QED) is 0.463. The van der Waals surface area contributed by atoms with Crippen molar-refractivity contribution in [1.82, 2.24) is 0 Å². The molecule has 0 atom stereocenters. The highest BCUT2D eigenvalue weighted by Gasteiger charge is 1.91. The van der Waals surface area contributed by atoms with E-state index in [0.29, 0.717) is 0 Å². The molecule has 6 heavy (non-hydrogen) atoms. The lowest BCUT2D eigenvalue weighted by Crippen LogP contribution is -2.55. The van der Waals surface area contributed by atoms with Crippen LogP contribution in [-0.4, -0.2) is 6.09 Å². The maximum Gasteiger partial charge on any atom is 0.521 e. The summed E-state index contributed by atoms with van der Waals surface area (Å²) in [5, 5.41) is 0. The molecule has 0 unspecified atom stereocenters. The van der Waals surface area contributed by atoms with E-state index in [0.717, 1.165) is 0 Å². The molecule has 0 aliphatic rings. The third kappa shape index (κ3) is 3.53. The van der Waals surface area contributed by atoms with Crippen molar-refractivity contribution in [3.63, 3.8) is 0 Å². The van der Waals surface area contributed by atoms with Crippen LogP contribution in [-0.2, 0) is 9.09 Å². The van der Waals surface area contributed by atoms with Gasteiger partial charge in [0.1, 0.15) is 0 Å². The zero-order chi connectivity index (χ0) is 4.99. The average Bonchev–Trinajstić information content (AvgIpc) is 1.35. The predicted octanol–water partition coefficient (Wildman–Crippen LogP) is -0.428. The molecule has 4 nitrogen and oxygen atoms in total. The van der Waals surface area contributed by atoms with Gasteiger partial charge in [-0.25, -0.2) is 4.57 Å². The summed E-state index contributed by atoms with van der Waals surface area (Å²) >= 11 is 0. The molecule has 0 radical (unpaired) electrons. The molecular weight excluding hydrogens is 105 g/mol. The Labute approximate surface area is 35.6 Å². The Morgan fingerprint density at radius 3 is 2.33 bits per heavy atom. The fourth-order valence-electron chi connectivity index (χ4n) is 0.0416. The van der Waals surface area contributed by atoms with Crippen LogP contribution in [0.25, 0.3) is 0 Å². The molecule has 0 saturated heterocycles. The minimum atomic E-state index is -0.785. The molecule has 0 aliphatic heterocycles. The van der Waals surface area contributed by atoms with Crippen molar-refractivity contribution in [2.24, 2.45) is 0 Å². The van der Waals surface area contributed by atoms with Gasteiger partial charge >= 0.3 is 14.8 Å². The molecule has 0 aliphatic carbocycles. The van der Waals surface area contributed by atoms with Gasteiger partial charge in [0.15, 0.2) is 0 Å². The van der Waals surface area contributed by atoms with E-state index in [1.165, 1.54) is 0 Å². The van der Waals surface area contributed by atoms with Gasteiger partial charge in [-0.2, -0.15) is 4.79 Å². The number of hydrogen-bond acceptors (Lipinski definition) is 3. The van der Waals surface area contributed by atoms with Crippen LogP contribution in [0.5, 0.6) is 0 Å². The summed E-state index contributed by atoms with van der Waals surface area (Å²) in [6.45, 7) is 0. The second-order valence-corrected chi connectivity index (χ2v) is 0.869. The molecule has 0 rings (SSSR count). The third-order valence-electron chi connectivity index (χ3n) is 0.139. The van der Waals surface area contributed by atoms with Crippen molar-refractivity contribution < 1.29 is 19.6 Å². The fraction of sp³-hybridized carbons (Fsp3) is 0. The number of hydrogen-bond donors (Lipinski definition) is 1. The first-order valence-corrected chi connectivity index (χ1v) is 1.86. The summed E-state index contributed by atoms with van der Waals surface area (Å²) < 4.78 is 12.9. The lowest BCUT2D eigenvalue weighted by atomic mass is 11.3. The van der Waals surface area contributed by atoms with Crippen LogP contribution in [0.2, 0.25) is 0 Å². The van der Waals surface area contributed by atoms with Crippen molar-refractivity contribution >= 4 is 14.8 Å². The highest BCUT2D eigenvalue weighted by molar-refractivity contribution is 7.18. The molecule has 0 aromatic carbocycles. The second-order valence-electron chi connectivity index (χ2n) is 0.538. The predicted molar refractivity (Wildman–Crippen MR) is 17.0 cm³/mol. The third-order valence-corrected chi connectivity index (χ3v) is 0.417. The van der Waals surface area contributed by atoms with Crippen LogP contribution in [0.1, 0.15) is 0 Å².